The lowest BCUT2D eigenvalue weighted by Crippen LogP contribution is -2.30. The molecule has 248 valence electrons. The molecule has 5 aromatic rings. The molecule has 1 aliphatic rings. The molecule has 9 nitrogen and oxygen atoms in total. The van der Waals surface area contributed by atoms with Crippen LogP contribution in [-0.2, 0) is 4.79 Å². The molecule has 3 heterocycles. The number of esters is 1. The van der Waals surface area contributed by atoms with E-state index in [1.165, 1.54) is 29.8 Å². The molecule has 12 heteroatoms. The van der Waals surface area contributed by atoms with Crippen molar-refractivity contribution in [2.45, 2.75) is 39.3 Å². The summed E-state index contributed by atoms with van der Waals surface area (Å²) >= 11 is 0. The van der Waals surface area contributed by atoms with Crippen LogP contribution in [0.2, 0.25) is 0 Å². The van der Waals surface area contributed by atoms with E-state index in [2.05, 4.69) is 13.0 Å². The fourth-order valence-electron chi connectivity index (χ4n) is 5.20. The minimum absolute atomic E-state index is 0.000208. The van der Waals surface area contributed by atoms with Crippen LogP contribution in [0.3, 0.4) is 0 Å². The summed E-state index contributed by atoms with van der Waals surface area (Å²) in [5, 5.41) is 1.93. The van der Waals surface area contributed by atoms with Crippen LogP contribution in [0.1, 0.15) is 34.6 Å². The van der Waals surface area contributed by atoms with Gasteiger partial charge in [0.15, 0.2) is 0 Å². The minimum atomic E-state index is -4.44. The first-order valence-electron chi connectivity index (χ1n) is 14.6. The Labute approximate surface area is 268 Å². The van der Waals surface area contributed by atoms with E-state index in [-0.39, 0.29) is 22.6 Å². The molecule has 0 bridgehead atoms. The van der Waals surface area contributed by atoms with Gasteiger partial charge in [0, 0.05) is 91.9 Å². The summed E-state index contributed by atoms with van der Waals surface area (Å²) in [5.74, 6) is -2.62. The van der Waals surface area contributed by atoms with E-state index in [1.54, 1.807) is 37.2 Å². The maximum Gasteiger partial charge on any atom is 0.396 e. The van der Waals surface area contributed by atoms with Crippen molar-refractivity contribution in [2.75, 3.05) is 43.7 Å². The molecule has 0 spiro atoms. The molecule has 2 N–H and O–H groups in total. The van der Waals surface area contributed by atoms with E-state index in [0.29, 0.717) is 22.5 Å². The Morgan fingerprint density at radius 3 is 1.89 bits per heavy atom. The Balaban J connectivity index is 0.000000162. The SMILES string of the molecule is CN(C)c1ccc2c(c1)OC(=O)CC2C(F)(F)F.Cc1cc(=O)oc2cc(N)ccc12.Cc1cc2c(C)cc(=O)oc2cc1N(C)C. The Morgan fingerprint density at radius 2 is 1.32 bits per heavy atom. The molecule has 6 rings (SSSR count). The van der Waals surface area contributed by atoms with E-state index in [0.717, 1.165) is 27.6 Å². The van der Waals surface area contributed by atoms with Crippen LogP contribution < -0.4 is 31.5 Å². The van der Waals surface area contributed by atoms with Crippen LogP contribution in [0.15, 0.2) is 79.1 Å². The van der Waals surface area contributed by atoms with Crippen LogP contribution >= 0.6 is 0 Å². The molecule has 1 atom stereocenters. The van der Waals surface area contributed by atoms with Gasteiger partial charge in [0.25, 0.3) is 0 Å². The summed E-state index contributed by atoms with van der Waals surface area (Å²) in [7, 11) is 7.46. The van der Waals surface area contributed by atoms with Crippen LogP contribution in [0.5, 0.6) is 5.75 Å². The lowest BCUT2D eigenvalue weighted by molar-refractivity contribution is -0.165. The predicted molar refractivity (Wildman–Crippen MR) is 178 cm³/mol. The molecule has 0 saturated heterocycles. The number of carbonyl (C=O) groups excluding carboxylic acids is 1. The standard InChI is InChI=1S/C13H15NO2.C12H12F3NO2.C10H9NO2/c1-8-6-13(15)16-12-7-11(14(3)4)9(2)5-10(8)12;1-16(2)7-3-4-8-9(12(13,14)15)6-11(17)18-10(8)5-7;1-6-4-10(12)13-9-5-7(11)2-3-8(6)9/h5-7H,1-4H3;3-5,9H,6H2,1-2H3;2-5H,11H2,1H3. The van der Waals surface area contributed by atoms with Crippen molar-refractivity contribution in [3.05, 3.63) is 104 Å². The van der Waals surface area contributed by atoms with Gasteiger partial charge in [0.2, 0.25) is 0 Å². The first kappa shape index (κ1) is 34.6. The third kappa shape index (κ3) is 8.13. The number of nitrogens with zero attached hydrogens (tertiary/aromatic N) is 2. The number of aryl methyl sites for hydroxylation is 3. The summed E-state index contributed by atoms with van der Waals surface area (Å²) in [6.45, 7) is 5.85. The van der Waals surface area contributed by atoms with Crippen molar-refractivity contribution < 1.29 is 31.5 Å². The molecule has 1 unspecified atom stereocenters. The number of anilines is 3. The predicted octanol–water partition coefficient (Wildman–Crippen LogP) is 6.87. The molecule has 0 amide bonds. The second-order valence-electron chi connectivity index (χ2n) is 11.7. The van der Waals surface area contributed by atoms with Crippen LogP contribution in [0, 0.1) is 20.8 Å². The number of nitrogen functional groups attached to an aromatic ring is 1. The Morgan fingerprint density at radius 1 is 0.723 bits per heavy atom. The summed E-state index contributed by atoms with van der Waals surface area (Å²) in [6, 6.07) is 16.7. The topological polar surface area (TPSA) is 119 Å². The lowest BCUT2D eigenvalue weighted by atomic mass is 9.92. The van der Waals surface area contributed by atoms with E-state index in [1.807, 2.05) is 45.0 Å². The smallest absolute Gasteiger partial charge is 0.396 e. The molecular weight excluding hydrogens is 615 g/mol. The maximum atomic E-state index is 12.8. The lowest BCUT2D eigenvalue weighted by Gasteiger charge is -2.27. The van der Waals surface area contributed by atoms with Gasteiger partial charge in [-0.3, -0.25) is 4.79 Å². The minimum Gasteiger partial charge on any atom is -0.426 e. The highest BCUT2D eigenvalue weighted by molar-refractivity contribution is 5.85. The van der Waals surface area contributed by atoms with Gasteiger partial charge in [0.1, 0.15) is 16.9 Å². The van der Waals surface area contributed by atoms with Crippen molar-refractivity contribution >= 4 is 45.0 Å². The van der Waals surface area contributed by atoms with Crippen molar-refractivity contribution in [1.82, 2.24) is 0 Å². The average molecular weight is 652 g/mol. The number of carbonyl (C=O) groups is 1. The average Bonchev–Trinajstić information content (AvgIpc) is 2.96. The quantitative estimate of drug-likeness (QED) is 0.0944. The molecule has 0 aliphatic carbocycles. The summed E-state index contributed by atoms with van der Waals surface area (Å²) in [5.41, 5.74) is 11.5. The van der Waals surface area contributed by atoms with Gasteiger partial charge in [0.05, 0.1) is 12.3 Å². The molecule has 0 fully saturated rings. The van der Waals surface area contributed by atoms with E-state index in [9.17, 15) is 27.6 Å². The highest BCUT2D eigenvalue weighted by atomic mass is 19.4. The molecule has 47 heavy (non-hydrogen) atoms. The second-order valence-corrected chi connectivity index (χ2v) is 11.7. The monoisotopic (exact) mass is 651 g/mol. The maximum absolute atomic E-state index is 12.8. The zero-order chi connectivity index (χ0) is 34.8. The molecule has 2 aromatic heterocycles. The zero-order valence-corrected chi connectivity index (χ0v) is 27.1. The zero-order valence-electron chi connectivity index (χ0n) is 27.1. The van der Waals surface area contributed by atoms with Crippen molar-refractivity contribution in [1.29, 1.82) is 0 Å². The van der Waals surface area contributed by atoms with E-state index in [4.69, 9.17) is 19.3 Å². The second kappa shape index (κ2) is 13.6. The Bertz CT molecular complexity index is 2070. The van der Waals surface area contributed by atoms with Gasteiger partial charge >= 0.3 is 23.4 Å². The van der Waals surface area contributed by atoms with Gasteiger partial charge in [-0.15, -0.1) is 0 Å². The molecular formula is C35H36F3N3O6. The summed E-state index contributed by atoms with van der Waals surface area (Å²) in [6.07, 6.45) is -5.09. The Kier molecular flexibility index (Phi) is 10.0. The van der Waals surface area contributed by atoms with Gasteiger partial charge in [-0.05, 0) is 61.7 Å². The fourth-order valence-corrected chi connectivity index (χ4v) is 5.20. The first-order chi connectivity index (χ1) is 21.9. The number of hydrogen-bond acceptors (Lipinski definition) is 9. The van der Waals surface area contributed by atoms with Gasteiger partial charge in [-0.25, -0.2) is 9.59 Å². The van der Waals surface area contributed by atoms with Crippen molar-refractivity contribution in [3.63, 3.8) is 0 Å². The molecule has 1 aliphatic heterocycles. The number of halogens is 3. The van der Waals surface area contributed by atoms with E-state index < -0.39 is 24.5 Å². The number of benzene rings is 3. The highest BCUT2D eigenvalue weighted by Crippen LogP contribution is 2.45. The molecule has 0 radical (unpaired) electrons. The summed E-state index contributed by atoms with van der Waals surface area (Å²) < 4.78 is 53.6. The number of ether oxygens (including phenoxy) is 1. The largest absolute Gasteiger partial charge is 0.426 e. The normalized spacial score (nSPS) is 13.9. The van der Waals surface area contributed by atoms with Crippen LogP contribution in [0.25, 0.3) is 21.9 Å². The fraction of sp³-hybridized carbons (Fsp3) is 0.286. The molecule has 0 saturated carbocycles. The number of rotatable bonds is 2. The molecule has 3 aromatic carbocycles. The third-order valence-electron chi connectivity index (χ3n) is 7.60. The number of alkyl halides is 3. The van der Waals surface area contributed by atoms with Gasteiger partial charge in [-0.2, -0.15) is 13.2 Å². The van der Waals surface area contributed by atoms with Crippen molar-refractivity contribution in [2.24, 2.45) is 0 Å². The number of fused-ring (bicyclic) bond motifs is 3. The van der Waals surface area contributed by atoms with Gasteiger partial charge in [-0.1, -0.05) is 6.07 Å². The number of hydrogen-bond donors (Lipinski definition) is 1. The van der Waals surface area contributed by atoms with Gasteiger partial charge < -0.3 is 29.1 Å². The highest BCUT2D eigenvalue weighted by Gasteiger charge is 2.46. The first-order valence-corrected chi connectivity index (χ1v) is 14.6. The Hall–Kier alpha value is -5.26. The summed E-state index contributed by atoms with van der Waals surface area (Å²) in [4.78, 5) is 37.3. The van der Waals surface area contributed by atoms with Crippen molar-refractivity contribution in [3.8, 4) is 5.75 Å². The van der Waals surface area contributed by atoms with E-state index >= 15 is 0 Å². The number of nitrogens with two attached hydrogens (primary N) is 1. The third-order valence-corrected chi connectivity index (χ3v) is 7.60. The van der Waals surface area contributed by atoms with Crippen LogP contribution in [-0.4, -0.2) is 40.3 Å². The van der Waals surface area contributed by atoms with Crippen LogP contribution in [0.4, 0.5) is 30.2 Å².